The van der Waals surface area contributed by atoms with E-state index in [1.54, 1.807) is 38.3 Å². The number of rotatable bonds is 6. The fourth-order valence-corrected chi connectivity index (χ4v) is 1.64. The van der Waals surface area contributed by atoms with Gasteiger partial charge >= 0.3 is 5.97 Å². The van der Waals surface area contributed by atoms with Crippen LogP contribution in [0.5, 0.6) is 5.75 Å². The molecule has 1 unspecified atom stereocenters. The van der Waals surface area contributed by atoms with E-state index in [1.807, 2.05) is 13.8 Å². The van der Waals surface area contributed by atoms with Gasteiger partial charge in [0.2, 0.25) is 0 Å². The quantitative estimate of drug-likeness (QED) is 0.814. The van der Waals surface area contributed by atoms with Crippen molar-refractivity contribution < 1.29 is 14.6 Å². The van der Waals surface area contributed by atoms with E-state index >= 15 is 0 Å². The third kappa shape index (κ3) is 3.23. The maximum Gasteiger partial charge on any atom is 0.328 e. The molecule has 0 radical (unpaired) electrons. The van der Waals surface area contributed by atoms with Crippen LogP contribution in [-0.4, -0.2) is 24.7 Å². The minimum Gasteiger partial charge on any atom is -0.497 e. The van der Waals surface area contributed by atoms with Crippen LogP contribution >= 0.6 is 0 Å². The van der Waals surface area contributed by atoms with Gasteiger partial charge < -0.3 is 9.84 Å². The number of nitrogens with one attached hydrogen (secondary N) is 1. The van der Waals surface area contributed by atoms with E-state index in [2.05, 4.69) is 5.32 Å². The summed E-state index contributed by atoms with van der Waals surface area (Å²) in [6.07, 6.45) is 0. The monoisotopic (exact) mass is 251 g/mol. The Kier molecular flexibility index (Phi) is 4.73. The molecule has 0 aliphatic carbocycles. The molecule has 0 aromatic heterocycles. The number of benzene rings is 1. The van der Waals surface area contributed by atoms with E-state index < -0.39 is 11.5 Å². The molecule has 1 aromatic carbocycles. The molecular formula is C14H21NO3. The molecule has 1 rings (SSSR count). The maximum absolute atomic E-state index is 11.5. The highest BCUT2D eigenvalue weighted by Gasteiger charge is 2.35. The summed E-state index contributed by atoms with van der Waals surface area (Å²) in [6, 6.07) is 7.14. The van der Waals surface area contributed by atoms with Crippen LogP contribution in [0.1, 0.15) is 26.3 Å². The fourth-order valence-electron chi connectivity index (χ4n) is 1.64. The van der Waals surface area contributed by atoms with Crippen molar-refractivity contribution in [1.82, 2.24) is 5.32 Å². The molecule has 2 N–H and O–H groups in total. The molecule has 0 spiro atoms. The van der Waals surface area contributed by atoms with Crippen LogP contribution in [0.4, 0.5) is 0 Å². The molecule has 0 saturated heterocycles. The summed E-state index contributed by atoms with van der Waals surface area (Å²) >= 11 is 0. The minimum absolute atomic E-state index is 0.384. The SMILES string of the molecule is COc1cccc(C(C)(NCC(C)C)C(=O)O)c1. The molecule has 0 bridgehead atoms. The summed E-state index contributed by atoms with van der Waals surface area (Å²) in [5.41, 5.74) is -0.409. The predicted octanol–water partition coefficient (Wildman–Crippen LogP) is 2.24. The van der Waals surface area contributed by atoms with Crippen molar-refractivity contribution in [3.8, 4) is 5.75 Å². The van der Waals surface area contributed by atoms with Crippen molar-refractivity contribution in [2.75, 3.05) is 13.7 Å². The van der Waals surface area contributed by atoms with Crippen LogP contribution in [-0.2, 0) is 10.3 Å². The van der Waals surface area contributed by atoms with Gasteiger partial charge in [-0.2, -0.15) is 0 Å². The first-order chi connectivity index (χ1) is 8.40. The Morgan fingerprint density at radius 2 is 2.17 bits per heavy atom. The van der Waals surface area contributed by atoms with Gasteiger partial charge in [-0.25, -0.2) is 4.79 Å². The number of hydrogen-bond acceptors (Lipinski definition) is 3. The Balaban J connectivity index is 3.06. The molecular weight excluding hydrogens is 230 g/mol. The van der Waals surface area contributed by atoms with Gasteiger partial charge in [-0.1, -0.05) is 26.0 Å². The van der Waals surface area contributed by atoms with E-state index in [-0.39, 0.29) is 0 Å². The van der Waals surface area contributed by atoms with Gasteiger partial charge in [0.25, 0.3) is 0 Å². The number of aliphatic carboxylic acids is 1. The topological polar surface area (TPSA) is 58.6 Å². The summed E-state index contributed by atoms with van der Waals surface area (Å²) in [5.74, 6) is 0.150. The normalized spacial score (nSPS) is 14.3. The molecule has 0 saturated carbocycles. The summed E-state index contributed by atoms with van der Waals surface area (Å²) in [5, 5.41) is 12.6. The lowest BCUT2D eigenvalue weighted by Gasteiger charge is -2.28. The molecule has 1 aromatic rings. The van der Waals surface area contributed by atoms with Crippen molar-refractivity contribution >= 4 is 5.97 Å². The largest absolute Gasteiger partial charge is 0.497 e. The second-order valence-electron chi connectivity index (χ2n) is 4.94. The van der Waals surface area contributed by atoms with Crippen LogP contribution in [0, 0.1) is 5.92 Å². The molecule has 0 amide bonds. The van der Waals surface area contributed by atoms with Crippen LogP contribution < -0.4 is 10.1 Å². The van der Waals surface area contributed by atoms with Crippen molar-refractivity contribution in [2.45, 2.75) is 26.3 Å². The van der Waals surface area contributed by atoms with E-state index in [4.69, 9.17) is 4.74 Å². The summed E-state index contributed by atoms with van der Waals surface area (Å²) in [4.78, 5) is 11.5. The van der Waals surface area contributed by atoms with Crippen LogP contribution in [0.2, 0.25) is 0 Å². The van der Waals surface area contributed by atoms with E-state index in [0.717, 1.165) is 0 Å². The zero-order valence-electron chi connectivity index (χ0n) is 11.4. The molecule has 0 aliphatic rings. The van der Waals surface area contributed by atoms with Gasteiger partial charge in [-0.3, -0.25) is 5.32 Å². The van der Waals surface area contributed by atoms with Gasteiger partial charge in [0, 0.05) is 0 Å². The van der Waals surface area contributed by atoms with Crippen molar-refractivity contribution in [1.29, 1.82) is 0 Å². The lowest BCUT2D eigenvalue weighted by atomic mass is 9.91. The molecule has 0 fully saturated rings. The number of carbonyl (C=O) groups is 1. The summed E-state index contributed by atoms with van der Waals surface area (Å²) in [6.45, 7) is 6.40. The minimum atomic E-state index is -1.10. The number of methoxy groups -OCH3 is 1. The molecule has 18 heavy (non-hydrogen) atoms. The second kappa shape index (κ2) is 5.87. The zero-order chi connectivity index (χ0) is 13.8. The first-order valence-electron chi connectivity index (χ1n) is 6.03. The molecule has 0 heterocycles. The van der Waals surface area contributed by atoms with E-state index in [1.165, 1.54) is 0 Å². The standard InChI is InChI=1S/C14H21NO3/c1-10(2)9-15-14(3,13(16)17)11-6-5-7-12(8-11)18-4/h5-8,10,15H,9H2,1-4H3,(H,16,17). The van der Waals surface area contributed by atoms with Gasteiger partial charge in [0.05, 0.1) is 7.11 Å². The highest BCUT2D eigenvalue weighted by molar-refractivity contribution is 5.80. The van der Waals surface area contributed by atoms with Crippen LogP contribution in [0.25, 0.3) is 0 Å². The summed E-state index contributed by atoms with van der Waals surface area (Å²) < 4.78 is 5.13. The molecule has 4 heteroatoms. The lowest BCUT2D eigenvalue weighted by molar-refractivity contribution is -0.144. The van der Waals surface area contributed by atoms with Gasteiger partial charge in [-0.05, 0) is 37.1 Å². The predicted molar refractivity (Wildman–Crippen MR) is 70.8 cm³/mol. The first-order valence-corrected chi connectivity index (χ1v) is 6.03. The van der Waals surface area contributed by atoms with Crippen molar-refractivity contribution in [3.05, 3.63) is 29.8 Å². The van der Waals surface area contributed by atoms with Gasteiger partial charge in [-0.15, -0.1) is 0 Å². The van der Waals surface area contributed by atoms with E-state index in [0.29, 0.717) is 23.8 Å². The van der Waals surface area contributed by atoms with Crippen LogP contribution in [0.15, 0.2) is 24.3 Å². The smallest absolute Gasteiger partial charge is 0.328 e. The number of carboxylic acid groups (broad SMARTS) is 1. The molecule has 4 nitrogen and oxygen atoms in total. The number of ether oxygens (including phenoxy) is 1. The van der Waals surface area contributed by atoms with Gasteiger partial charge in [0.1, 0.15) is 11.3 Å². The van der Waals surface area contributed by atoms with Crippen molar-refractivity contribution in [3.63, 3.8) is 0 Å². The third-order valence-electron chi connectivity index (χ3n) is 2.94. The summed E-state index contributed by atoms with van der Waals surface area (Å²) in [7, 11) is 1.57. The second-order valence-corrected chi connectivity index (χ2v) is 4.94. The Morgan fingerprint density at radius 3 is 2.67 bits per heavy atom. The average Bonchev–Trinajstić information content (AvgIpc) is 2.35. The Hall–Kier alpha value is -1.55. The van der Waals surface area contributed by atoms with E-state index in [9.17, 15) is 9.90 Å². The highest BCUT2D eigenvalue weighted by atomic mass is 16.5. The fraction of sp³-hybridized carbons (Fsp3) is 0.500. The number of carboxylic acids is 1. The Labute approximate surface area is 108 Å². The first kappa shape index (κ1) is 14.5. The molecule has 100 valence electrons. The Bertz CT molecular complexity index is 417. The number of hydrogen-bond donors (Lipinski definition) is 2. The maximum atomic E-state index is 11.5. The third-order valence-corrected chi connectivity index (χ3v) is 2.94. The average molecular weight is 251 g/mol. The zero-order valence-corrected chi connectivity index (χ0v) is 11.4. The van der Waals surface area contributed by atoms with Gasteiger partial charge in [0.15, 0.2) is 0 Å². The lowest BCUT2D eigenvalue weighted by Crippen LogP contribution is -2.48. The highest BCUT2D eigenvalue weighted by Crippen LogP contribution is 2.25. The van der Waals surface area contributed by atoms with Crippen molar-refractivity contribution in [2.24, 2.45) is 5.92 Å². The van der Waals surface area contributed by atoms with Crippen LogP contribution in [0.3, 0.4) is 0 Å². The Morgan fingerprint density at radius 1 is 1.50 bits per heavy atom. The molecule has 0 aliphatic heterocycles. The molecule has 1 atom stereocenters.